The zero-order valence-corrected chi connectivity index (χ0v) is 16.7. The van der Waals surface area contributed by atoms with Gasteiger partial charge in [0.2, 0.25) is 0 Å². The number of urea groups is 1. The number of nitrogens with one attached hydrogen (secondary N) is 1. The summed E-state index contributed by atoms with van der Waals surface area (Å²) in [6.07, 6.45) is 5.44. The molecule has 0 aromatic heterocycles. The van der Waals surface area contributed by atoms with Gasteiger partial charge in [-0.1, -0.05) is 18.2 Å². The van der Waals surface area contributed by atoms with Gasteiger partial charge in [-0.05, 0) is 55.7 Å². The SMILES string of the molecule is [C-]#[N+]c1ccc(N2C(=O)N(c3ccc(C(=O)NC)c(F)c3)[C@@H]3CC=CC[C@H]32)cc1C. The van der Waals surface area contributed by atoms with Crippen LogP contribution in [0.3, 0.4) is 0 Å². The average Bonchev–Trinajstić information content (AvgIpc) is 3.04. The molecule has 1 heterocycles. The Morgan fingerprint density at radius 3 is 2.23 bits per heavy atom. The Hall–Kier alpha value is -3.66. The molecule has 1 aliphatic heterocycles. The monoisotopic (exact) mass is 404 g/mol. The number of hydrogen-bond donors (Lipinski definition) is 1. The fourth-order valence-corrected chi connectivity index (χ4v) is 4.23. The van der Waals surface area contributed by atoms with Crippen LogP contribution in [-0.2, 0) is 0 Å². The second-order valence-electron chi connectivity index (χ2n) is 7.43. The number of nitrogens with zero attached hydrogens (tertiary/aromatic N) is 3. The van der Waals surface area contributed by atoms with Gasteiger partial charge >= 0.3 is 6.03 Å². The first-order chi connectivity index (χ1) is 14.5. The molecule has 1 N–H and O–H groups in total. The quantitative estimate of drug-likeness (QED) is 0.601. The molecule has 0 unspecified atom stereocenters. The van der Waals surface area contributed by atoms with Gasteiger partial charge in [0, 0.05) is 18.4 Å². The van der Waals surface area contributed by atoms with Crippen molar-refractivity contribution in [2.24, 2.45) is 0 Å². The molecule has 1 fully saturated rings. The molecule has 4 rings (SSSR count). The lowest BCUT2D eigenvalue weighted by Gasteiger charge is -2.29. The molecule has 2 aliphatic rings. The van der Waals surface area contributed by atoms with Crippen molar-refractivity contribution in [3.8, 4) is 0 Å². The van der Waals surface area contributed by atoms with Crippen molar-refractivity contribution >= 4 is 29.0 Å². The van der Waals surface area contributed by atoms with E-state index in [0.717, 1.165) is 11.3 Å². The van der Waals surface area contributed by atoms with Crippen LogP contribution in [0.25, 0.3) is 4.85 Å². The summed E-state index contributed by atoms with van der Waals surface area (Å²) in [6, 6.07) is 9.13. The van der Waals surface area contributed by atoms with Gasteiger partial charge in [-0.2, -0.15) is 0 Å². The number of rotatable bonds is 3. The Bertz CT molecular complexity index is 1100. The molecular formula is C23H21FN4O2. The van der Waals surface area contributed by atoms with E-state index in [0.29, 0.717) is 24.2 Å². The van der Waals surface area contributed by atoms with Gasteiger partial charge in [0.1, 0.15) is 5.82 Å². The third-order valence-electron chi connectivity index (χ3n) is 5.72. The second kappa shape index (κ2) is 7.64. The number of amides is 3. The van der Waals surface area contributed by atoms with Gasteiger partial charge in [-0.25, -0.2) is 14.0 Å². The molecule has 0 radical (unpaired) electrons. The van der Waals surface area contributed by atoms with Gasteiger partial charge in [-0.15, -0.1) is 0 Å². The summed E-state index contributed by atoms with van der Waals surface area (Å²) in [5.41, 5.74) is 2.44. The van der Waals surface area contributed by atoms with E-state index in [1.807, 2.05) is 19.1 Å². The molecule has 7 heteroatoms. The lowest BCUT2D eigenvalue weighted by molar-refractivity contribution is 0.0959. The lowest BCUT2D eigenvalue weighted by atomic mass is 9.95. The maximum Gasteiger partial charge on any atom is 0.329 e. The Labute approximate surface area is 174 Å². The van der Waals surface area contributed by atoms with Crippen LogP contribution in [0.5, 0.6) is 0 Å². The second-order valence-corrected chi connectivity index (χ2v) is 7.43. The third kappa shape index (κ3) is 3.11. The van der Waals surface area contributed by atoms with E-state index in [4.69, 9.17) is 6.57 Å². The normalized spacial score (nSPS) is 20.1. The molecule has 2 atom stereocenters. The highest BCUT2D eigenvalue weighted by molar-refractivity contribution is 6.08. The van der Waals surface area contributed by atoms with Crippen molar-refractivity contribution < 1.29 is 14.0 Å². The molecular weight excluding hydrogens is 383 g/mol. The van der Waals surface area contributed by atoms with Gasteiger partial charge in [-0.3, -0.25) is 14.6 Å². The fraction of sp³-hybridized carbons (Fsp3) is 0.261. The van der Waals surface area contributed by atoms with E-state index in [-0.39, 0.29) is 23.7 Å². The van der Waals surface area contributed by atoms with Crippen molar-refractivity contribution in [1.29, 1.82) is 0 Å². The van der Waals surface area contributed by atoms with Crippen LogP contribution < -0.4 is 15.1 Å². The predicted molar refractivity (Wildman–Crippen MR) is 114 cm³/mol. The summed E-state index contributed by atoms with van der Waals surface area (Å²) in [7, 11) is 1.44. The number of halogens is 1. The van der Waals surface area contributed by atoms with Crippen LogP contribution in [0.4, 0.5) is 26.2 Å². The van der Waals surface area contributed by atoms with E-state index in [9.17, 15) is 14.0 Å². The van der Waals surface area contributed by atoms with E-state index in [1.165, 1.54) is 19.2 Å². The maximum atomic E-state index is 14.6. The summed E-state index contributed by atoms with van der Waals surface area (Å²) in [5, 5.41) is 2.41. The highest BCUT2D eigenvalue weighted by Crippen LogP contribution is 2.39. The molecule has 0 bridgehead atoms. The first kappa shape index (κ1) is 19.6. The molecule has 30 heavy (non-hydrogen) atoms. The van der Waals surface area contributed by atoms with Crippen LogP contribution in [-0.4, -0.2) is 31.1 Å². The minimum absolute atomic E-state index is 0.0600. The van der Waals surface area contributed by atoms with Crippen LogP contribution >= 0.6 is 0 Å². The molecule has 1 saturated heterocycles. The van der Waals surface area contributed by atoms with Crippen LogP contribution in [0.1, 0.15) is 28.8 Å². The highest BCUT2D eigenvalue weighted by Gasteiger charge is 2.47. The van der Waals surface area contributed by atoms with Crippen LogP contribution in [0.2, 0.25) is 0 Å². The molecule has 3 amide bonds. The van der Waals surface area contributed by atoms with E-state index in [2.05, 4.69) is 16.2 Å². The Morgan fingerprint density at radius 2 is 1.70 bits per heavy atom. The number of carbonyl (C=O) groups is 2. The first-order valence-corrected chi connectivity index (χ1v) is 9.73. The molecule has 2 aromatic carbocycles. The number of hydrogen-bond acceptors (Lipinski definition) is 2. The summed E-state index contributed by atoms with van der Waals surface area (Å²) < 4.78 is 14.6. The number of aryl methyl sites for hydroxylation is 1. The number of anilines is 2. The van der Waals surface area contributed by atoms with Gasteiger partial charge < -0.3 is 5.32 Å². The zero-order chi connectivity index (χ0) is 21.4. The standard InChI is InChI=1S/C23H21FN4O2/c1-14-12-15(9-11-19(14)25-2)27-20-6-4-5-7-21(20)28(23(27)30)16-8-10-17(18(24)13-16)22(29)26-3/h4-5,8-13,20-21H,6-7H2,1,3H3,(H,26,29)/t20-,21-/m1/s1. The smallest absolute Gasteiger partial charge is 0.329 e. The minimum Gasteiger partial charge on any atom is -0.355 e. The van der Waals surface area contributed by atoms with Gasteiger partial charge in [0.15, 0.2) is 5.69 Å². The van der Waals surface area contributed by atoms with Gasteiger partial charge in [0.05, 0.1) is 24.2 Å². The molecule has 0 spiro atoms. The predicted octanol–water partition coefficient (Wildman–Crippen LogP) is 4.58. The largest absolute Gasteiger partial charge is 0.355 e. The minimum atomic E-state index is -0.668. The Morgan fingerprint density at radius 1 is 1.10 bits per heavy atom. The number of fused-ring (bicyclic) bond motifs is 1. The summed E-state index contributed by atoms with van der Waals surface area (Å²) in [4.78, 5) is 32.1. The maximum absolute atomic E-state index is 14.6. The van der Waals surface area contributed by atoms with Crippen LogP contribution in [0.15, 0.2) is 48.6 Å². The summed E-state index contributed by atoms with van der Waals surface area (Å²) in [5.74, 6) is -1.18. The van der Waals surface area contributed by atoms with E-state index < -0.39 is 11.7 Å². The van der Waals surface area contributed by atoms with E-state index in [1.54, 1.807) is 28.0 Å². The topological polar surface area (TPSA) is 57.0 Å². The first-order valence-electron chi connectivity index (χ1n) is 9.73. The highest BCUT2D eigenvalue weighted by atomic mass is 19.1. The zero-order valence-electron chi connectivity index (χ0n) is 16.7. The van der Waals surface area contributed by atoms with Crippen LogP contribution in [0, 0.1) is 19.3 Å². The summed E-state index contributed by atoms with van der Waals surface area (Å²) >= 11 is 0. The number of carbonyl (C=O) groups excluding carboxylic acids is 2. The van der Waals surface area contributed by atoms with E-state index >= 15 is 0 Å². The Kier molecular flexibility index (Phi) is 5.00. The third-order valence-corrected chi connectivity index (χ3v) is 5.72. The summed E-state index contributed by atoms with van der Waals surface area (Å²) in [6.45, 7) is 9.09. The van der Waals surface area contributed by atoms with Crippen molar-refractivity contribution in [2.45, 2.75) is 31.8 Å². The average molecular weight is 404 g/mol. The fourth-order valence-electron chi connectivity index (χ4n) is 4.23. The number of benzene rings is 2. The lowest BCUT2D eigenvalue weighted by Crippen LogP contribution is -2.38. The van der Waals surface area contributed by atoms with Crippen molar-refractivity contribution in [1.82, 2.24) is 5.32 Å². The molecule has 2 aromatic rings. The molecule has 152 valence electrons. The van der Waals surface area contributed by atoms with Crippen molar-refractivity contribution in [3.63, 3.8) is 0 Å². The van der Waals surface area contributed by atoms with Crippen molar-refractivity contribution in [2.75, 3.05) is 16.8 Å². The van der Waals surface area contributed by atoms with Gasteiger partial charge in [0.25, 0.3) is 5.91 Å². The Balaban J connectivity index is 1.75. The van der Waals surface area contributed by atoms with Crippen molar-refractivity contribution in [3.05, 3.63) is 76.9 Å². The molecule has 0 saturated carbocycles. The molecule has 6 nitrogen and oxygen atoms in total. The molecule has 1 aliphatic carbocycles.